The molecule has 0 aliphatic rings. The van der Waals surface area contributed by atoms with Gasteiger partial charge in [0, 0.05) is 0 Å². The van der Waals surface area contributed by atoms with Gasteiger partial charge in [0.05, 0.1) is 5.02 Å². The number of rotatable bonds is 5. The van der Waals surface area contributed by atoms with Crippen molar-refractivity contribution in [3.8, 4) is 0 Å². The molecule has 0 aliphatic carbocycles. The molecule has 116 valence electrons. The maximum Gasteiger partial charge on any atom is 0.243 e. The molecule has 3 N–H and O–H groups in total. The Morgan fingerprint density at radius 1 is 1.18 bits per heavy atom. The summed E-state index contributed by atoms with van der Waals surface area (Å²) < 4.78 is 27.2. The van der Waals surface area contributed by atoms with Crippen LogP contribution in [0.25, 0.3) is 0 Å². The van der Waals surface area contributed by atoms with Crippen LogP contribution in [-0.2, 0) is 14.8 Å². The van der Waals surface area contributed by atoms with Gasteiger partial charge in [-0.3, -0.25) is 4.79 Å². The Kier molecular flexibility index (Phi) is 4.85. The minimum atomic E-state index is -3.98. The van der Waals surface area contributed by atoms with Crippen LogP contribution in [0.15, 0.2) is 53.4 Å². The lowest BCUT2D eigenvalue weighted by atomic mass is 10.1. The van der Waals surface area contributed by atoms with Crippen LogP contribution in [0.2, 0.25) is 5.02 Å². The Balaban J connectivity index is 2.39. The topological polar surface area (TPSA) is 89.3 Å². The van der Waals surface area contributed by atoms with E-state index in [-0.39, 0.29) is 9.92 Å². The molecule has 0 spiro atoms. The highest BCUT2D eigenvalue weighted by molar-refractivity contribution is 7.89. The van der Waals surface area contributed by atoms with Crippen LogP contribution in [0.3, 0.4) is 0 Å². The molecule has 5 nitrogen and oxygen atoms in total. The molecule has 2 aromatic rings. The molecule has 0 fully saturated rings. The maximum atomic E-state index is 12.4. The molecule has 22 heavy (non-hydrogen) atoms. The summed E-state index contributed by atoms with van der Waals surface area (Å²) in [5, 5.41) is 0.0868. The molecule has 7 heteroatoms. The van der Waals surface area contributed by atoms with Gasteiger partial charge < -0.3 is 5.73 Å². The normalized spacial score (nSPS) is 12.8. The SMILES string of the molecule is Cc1ccc(S(=O)(=O)NC(C(N)=O)c2ccccc2)c(Cl)c1. The summed E-state index contributed by atoms with van der Waals surface area (Å²) in [7, 11) is -3.98. The second kappa shape index (κ2) is 6.48. The van der Waals surface area contributed by atoms with Gasteiger partial charge in [0.25, 0.3) is 0 Å². The first-order valence-electron chi connectivity index (χ1n) is 6.44. The van der Waals surface area contributed by atoms with Crippen LogP contribution < -0.4 is 10.5 Å². The highest BCUT2D eigenvalue weighted by Gasteiger charge is 2.26. The molecule has 1 amide bonds. The first-order chi connectivity index (χ1) is 10.3. The predicted molar refractivity (Wildman–Crippen MR) is 84.9 cm³/mol. The molecule has 0 aromatic heterocycles. The molecule has 1 atom stereocenters. The van der Waals surface area contributed by atoms with Crippen molar-refractivity contribution in [2.45, 2.75) is 17.9 Å². The number of benzene rings is 2. The number of hydrogen-bond acceptors (Lipinski definition) is 3. The summed E-state index contributed by atoms with van der Waals surface area (Å²) in [6.45, 7) is 1.80. The first kappa shape index (κ1) is 16.5. The average molecular weight is 339 g/mol. The smallest absolute Gasteiger partial charge is 0.243 e. The largest absolute Gasteiger partial charge is 0.368 e. The summed E-state index contributed by atoms with van der Waals surface area (Å²) in [6, 6.07) is 11.8. The van der Waals surface area contributed by atoms with Crippen molar-refractivity contribution in [3.63, 3.8) is 0 Å². The van der Waals surface area contributed by atoms with Gasteiger partial charge in [-0.15, -0.1) is 0 Å². The number of nitrogens with one attached hydrogen (secondary N) is 1. The third kappa shape index (κ3) is 3.65. The highest BCUT2D eigenvalue weighted by atomic mass is 35.5. The molecule has 0 bridgehead atoms. The Labute approximate surface area is 134 Å². The number of carbonyl (C=O) groups excluding carboxylic acids is 1. The van der Waals surface area contributed by atoms with Crippen LogP contribution >= 0.6 is 11.6 Å². The number of aryl methyl sites for hydroxylation is 1. The number of halogens is 1. The van der Waals surface area contributed by atoms with E-state index in [9.17, 15) is 13.2 Å². The van der Waals surface area contributed by atoms with Crippen molar-refractivity contribution in [3.05, 3.63) is 64.7 Å². The van der Waals surface area contributed by atoms with Gasteiger partial charge in [0.2, 0.25) is 15.9 Å². The van der Waals surface area contributed by atoms with E-state index in [4.69, 9.17) is 17.3 Å². The molecule has 1 unspecified atom stereocenters. The van der Waals surface area contributed by atoms with E-state index in [1.165, 1.54) is 12.1 Å². The zero-order valence-electron chi connectivity index (χ0n) is 11.8. The van der Waals surface area contributed by atoms with Crippen LogP contribution in [0, 0.1) is 6.92 Å². The molecule has 2 aromatic carbocycles. The maximum absolute atomic E-state index is 12.4. The Bertz CT molecular complexity index is 792. The standard InChI is InChI=1S/C15H15ClN2O3S/c1-10-7-8-13(12(16)9-10)22(20,21)18-14(15(17)19)11-5-3-2-4-6-11/h2-9,14,18H,1H3,(H2,17,19). The van der Waals surface area contributed by atoms with Crippen molar-refractivity contribution in [1.82, 2.24) is 4.72 Å². The fraction of sp³-hybridized carbons (Fsp3) is 0.133. The van der Waals surface area contributed by atoms with Crippen LogP contribution in [0.5, 0.6) is 0 Å². The molecule has 0 aliphatic heterocycles. The quantitative estimate of drug-likeness (QED) is 0.875. The molecule has 0 radical (unpaired) electrons. The number of carbonyl (C=O) groups is 1. The van der Waals surface area contributed by atoms with Gasteiger partial charge in [-0.25, -0.2) is 8.42 Å². The van der Waals surface area contributed by atoms with Gasteiger partial charge in [0.1, 0.15) is 10.9 Å². The van der Waals surface area contributed by atoms with E-state index in [1.54, 1.807) is 43.3 Å². The number of amides is 1. The predicted octanol–water partition coefficient (Wildman–Crippen LogP) is 2.15. The van der Waals surface area contributed by atoms with Gasteiger partial charge in [-0.1, -0.05) is 48.0 Å². The molecule has 0 heterocycles. The molecule has 0 saturated heterocycles. The van der Waals surface area contributed by atoms with Crippen LogP contribution in [0.1, 0.15) is 17.2 Å². The van der Waals surface area contributed by atoms with Crippen molar-refractivity contribution in [1.29, 1.82) is 0 Å². The summed E-state index contributed by atoms with van der Waals surface area (Å²) in [6.07, 6.45) is 0. The lowest BCUT2D eigenvalue weighted by Crippen LogP contribution is -2.37. The van der Waals surface area contributed by atoms with Gasteiger partial charge in [0.15, 0.2) is 0 Å². The Morgan fingerprint density at radius 2 is 1.82 bits per heavy atom. The summed E-state index contributed by atoms with van der Waals surface area (Å²) >= 11 is 5.99. The first-order valence-corrected chi connectivity index (χ1v) is 8.30. The van der Waals surface area contributed by atoms with Crippen LogP contribution in [0.4, 0.5) is 0 Å². The van der Waals surface area contributed by atoms with Gasteiger partial charge in [-0.05, 0) is 30.2 Å². The minimum absolute atomic E-state index is 0.0868. The zero-order chi connectivity index (χ0) is 16.3. The van der Waals surface area contributed by atoms with E-state index in [2.05, 4.69) is 4.72 Å². The number of nitrogens with two attached hydrogens (primary N) is 1. The summed E-state index contributed by atoms with van der Waals surface area (Å²) in [5.74, 6) is -0.794. The fourth-order valence-electron chi connectivity index (χ4n) is 1.98. The zero-order valence-corrected chi connectivity index (χ0v) is 13.4. The van der Waals surface area contributed by atoms with Crippen molar-refractivity contribution < 1.29 is 13.2 Å². The summed E-state index contributed by atoms with van der Waals surface area (Å²) in [4.78, 5) is 11.5. The van der Waals surface area contributed by atoms with Crippen molar-refractivity contribution >= 4 is 27.5 Å². The van der Waals surface area contributed by atoms with E-state index in [1.807, 2.05) is 0 Å². The van der Waals surface area contributed by atoms with Crippen molar-refractivity contribution in [2.24, 2.45) is 5.73 Å². The van der Waals surface area contributed by atoms with E-state index < -0.39 is 22.0 Å². The lowest BCUT2D eigenvalue weighted by Gasteiger charge is -2.16. The molecular formula is C15H15ClN2O3S. The Hall–Kier alpha value is -1.89. The molecular weight excluding hydrogens is 324 g/mol. The third-order valence-electron chi connectivity index (χ3n) is 3.07. The summed E-state index contributed by atoms with van der Waals surface area (Å²) in [5.41, 5.74) is 6.61. The second-order valence-corrected chi connectivity index (χ2v) is 6.89. The number of hydrogen-bond donors (Lipinski definition) is 2. The van der Waals surface area contributed by atoms with E-state index in [0.717, 1.165) is 5.56 Å². The minimum Gasteiger partial charge on any atom is -0.368 e. The van der Waals surface area contributed by atoms with Crippen LogP contribution in [-0.4, -0.2) is 14.3 Å². The lowest BCUT2D eigenvalue weighted by molar-refractivity contribution is -0.119. The second-order valence-electron chi connectivity index (χ2n) is 4.80. The fourth-order valence-corrected chi connectivity index (χ4v) is 3.77. The Morgan fingerprint density at radius 3 is 2.36 bits per heavy atom. The monoisotopic (exact) mass is 338 g/mol. The highest BCUT2D eigenvalue weighted by Crippen LogP contribution is 2.24. The average Bonchev–Trinajstić information content (AvgIpc) is 2.45. The molecule has 2 rings (SSSR count). The number of sulfonamides is 1. The van der Waals surface area contributed by atoms with Gasteiger partial charge >= 0.3 is 0 Å². The molecule has 0 saturated carbocycles. The number of primary amides is 1. The van der Waals surface area contributed by atoms with Crippen molar-refractivity contribution in [2.75, 3.05) is 0 Å². The van der Waals surface area contributed by atoms with E-state index in [0.29, 0.717) is 5.56 Å². The van der Waals surface area contributed by atoms with Gasteiger partial charge in [-0.2, -0.15) is 4.72 Å². The van der Waals surface area contributed by atoms with E-state index >= 15 is 0 Å². The third-order valence-corrected chi connectivity index (χ3v) is 4.97.